The van der Waals surface area contributed by atoms with Crippen LogP contribution in [-0.4, -0.2) is 17.0 Å². The SMILES string of the molecule is Cc1cc(C(=O)NCc2ccc(NC(=O)c3ccco3)cc2)no1. The standard InChI is InChI=1S/C17H15N3O4/c1-11-9-14(20-24-11)16(21)18-10-12-4-6-13(7-5-12)19-17(22)15-3-2-8-23-15/h2-9H,10H2,1H3,(H,18,21)(H,19,22). The zero-order valence-electron chi connectivity index (χ0n) is 12.9. The molecule has 0 radical (unpaired) electrons. The molecule has 3 rings (SSSR count). The second kappa shape index (κ2) is 6.82. The first-order chi connectivity index (χ1) is 11.6. The molecule has 0 aliphatic heterocycles. The molecule has 122 valence electrons. The van der Waals surface area contributed by atoms with Crippen molar-refractivity contribution in [2.75, 3.05) is 5.32 Å². The molecule has 2 aromatic heterocycles. The highest BCUT2D eigenvalue weighted by molar-refractivity contribution is 6.02. The fourth-order valence-electron chi connectivity index (χ4n) is 2.05. The van der Waals surface area contributed by atoms with Gasteiger partial charge in [0.25, 0.3) is 11.8 Å². The van der Waals surface area contributed by atoms with Crippen LogP contribution in [0.4, 0.5) is 5.69 Å². The summed E-state index contributed by atoms with van der Waals surface area (Å²) in [5, 5.41) is 9.13. The molecule has 2 heterocycles. The van der Waals surface area contributed by atoms with E-state index in [-0.39, 0.29) is 23.3 Å². The van der Waals surface area contributed by atoms with Gasteiger partial charge in [0.1, 0.15) is 5.76 Å². The van der Waals surface area contributed by atoms with E-state index in [1.165, 1.54) is 6.26 Å². The summed E-state index contributed by atoms with van der Waals surface area (Å²) in [6.45, 7) is 2.07. The molecule has 0 atom stereocenters. The molecule has 3 aromatic rings. The maximum absolute atomic E-state index is 11.9. The van der Waals surface area contributed by atoms with Gasteiger partial charge in [-0.05, 0) is 36.8 Å². The number of anilines is 1. The monoisotopic (exact) mass is 325 g/mol. The minimum Gasteiger partial charge on any atom is -0.459 e. The van der Waals surface area contributed by atoms with Gasteiger partial charge in [-0.3, -0.25) is 9.59 Å². The number of furan rings is 1. The zero-order valence-corrected chi connectivity index (χ0v) is 12.9. The highest BCUT2D eigenvalue weighted by atomic mass is 16.5. The van der Waals surface area contributed by atoms with Crippen molar-refractivity contribution >= 4 is 17.5 Å². The van der Waals surface area contributed by atoms with Gasteiger partial charge in [0.05, 0.1) is 6.26 Å². The molecule has 7 heteroatoms. The lowest BCUT2D eigenvalue weighted by Crippen LogP contribution is -2.23. The number of hydrogen-bond acceptors (Lipinski definition) is 5. The van der Waals surface area contributed by atoms with E-state index >= 15 is 0 Å². The summed E-state index contributed by atoms with van der Waals surface area (Å²) >= 11 is 0. The van der Waals surface area contributed by atoms with Crippen LogP contribution in [0.15, 0.2) is 57.7 Å². The van der Waals surface area contributed by atoms with Gasteiger partial charge in [-0.1, -0.05) is 17.3 Å². The second-order valence-electron chi connectivity index (χ2n) is 5.13. The van der Waals surface area contributed by atoms with E-state index in [9.17, 15) is 9.59 Å². The Labute approximate surface area is 137 Å². The smallest absolute Gasteiger partial charge is 0.291 e. The molecule has 2 N–H and O–H groups in total. The molecule has 0 bridgehead atoms. The van der Waals surface area contributed by atoms with E-state index in [1.807, 2.05) is 12.1 Å². The summed E-state index contributed by atoms with van der Waals surface area (Å²) < 4.78 is 9.89. The fraction of sp³-hybridized carbons (Fsp3) is 0.118. The van der Waals surface area contributed by atoms with Gasteiger partial charge in [-0.25, -0.2) is 0 Å². The molecule has 24 heavy (non-hydrogen) atoms. The Hall–Kier alpha value is -3.35. The Kier molecular flexibility index (Phi) is 4.42. The van der Waals surface area contributed by atoms with Crippen LogP contribution in [0.25, 0.3) is 0 Å². The Balaban J connectivity index is 1.54. The summed E-state index contributed by atoms with van der Waals surface area (Å²) in [6.07, 6.45) is 1.44. The molecule has 0 unspecified atom stereocenters. The van der Waals surface area contributed by atoms with Crippen LogP contribution in [0.2, 0.25) is 0 Å². The van der Waals surface area contributed by atoms with Gasteiger partial charge in [0.15, 0.2) is 11.5 Å². The predicted octanol–water partition coefficient (Wildman–Crippen LogP) is 2.76. The van der Waals surface area contributed by atoms with Crippen LogP contribution < -0.4 is 10.6 Å². The lowest BCUT2D eigenvalue weighted by molar-refractivity contribution is 0.0941. The van der Waals surface area contributed by atoms with Crippen LogP contribution >= 0.6 is 0 Å². The summed E-state index contributed by atoms with van der Waals surface area (Å²) in [5.41, 5.74) is 1.77. The second-order valence-corrected chi connectivity index (χ2v) is 5.13. The van der Waals surface area contributed by atoms with E-state index in [0.29, 0.717) is 18.0 Å². The van der Waals surface area contributed by atoms with Gasteiger partial charge in [-0.15, -0.1) is 0 Å². The third-order valence-electron chi connectivity index (χ3n) is 3.27. The topological polar surface area (TPSA) is 97.4 Å². The van der Waals surface area contributed by atoms with Gasteiger partial charge >= 0.3 is 0 Å². The summed E-state index contributed by atoms with van der Waals surface area (Å²) in [7, 11) is 0. The maximum atomic E-state index is 11.9. The Morgan fingerprint density at radius 3 is 2.54 bits per heavy atom. The van der Waals surface area contributed by atoms with Crippen molar-refractivity contribution in [2.45, 2.75) is 13.5 Å². The van der Waals surface area contributed by atoms with E-state index < -0.39 is 0 Å². The minimum absolute atomic E-state index is 0.245. The molecule has 0 spiro atoms. The third-order valence-corrected chi connectivity index (χ3v) is 3.27. The first kappa shape index (κ1) is 15.5. The number of nitrogens with zero attached hydrogens (tertiary/aromatic N) is 1. The molecule has 0 saturated carbocycles. The Morgan fingerprint density at radius 2 is 1.92 bits per heavy atom. The number of amides is 2. The van der Waals surface area contributed by atoms with Crippen molar-refractivity contribution in [1.82, 2.24) is 10.5 Å². The Morgan fingerprint density at radius 1 is 1.12 bits per heavy atom. The number of hydrogen-bond donors (Lipinski definition) is 2. The number of benzene rings is 1. The van der Waals surface area contributed by atoms with E-state index in [0.717, 1.165) is 5.56 Å². The normalized spacial score (nSPS) is 10.4. The van der Waals surface area contributed by atoms with Crippen LogP contribution in [-0.2, 0) is 6.54 Å². The van der Waals surface area contributed by atoms with Gasteiger partial charge in [-0.2, -0.15) is 0 Å². The maximum Gasteiger partial charge on any atom is 0.291 e. The van der Waals surface area contributed by atoms with Crippen LogP contribution in [0.3, 0.4) is 0 Å². The molecular formula is C17H15N3O4. The van der Waals surface area contributed by atoms with Crippen molar-refractivity contribution in [3.05, 3.63) is 71.5 Å². The average molecular weight is 325 g/mol. The van der Waals surface area contributed by atoms with E-state index in [2.05, 4.69) is 15.8 Å². The third kappa shape index (κ3) is 3.70. The first-order valence-corrected chi connectivity index (χ1v) is 7.27. The van der Waals surface area contributed by atoms with Gasteiger partial charge in [0, 0.05) is 18.3 Å². The van der Waals surface area contributed by atoms with Crippen molar-refractivity contribution in [1.29, 1.82) is 0 Å². The van der Waals surface area contributed by atoms with E-state index in [1.54, 1.807) is 37.3 Å². The molecule has 0 aliphatic carbocycles. The molecule has 7 nitrogen and oxygen atoms in total. The minimum atomic E-state index is -0.317. The zero-order chi connectivity index (χ0) is 16.9. The lowest BCUT2D eigenvalue weighted by Gasteiger charge is -2.06. The van der Waals surface area contributed by atoms with Gasteiger partial charge in [0.2, 0.25) is 0 Å². The highest BCUT2D eigenvalue weighted by Crippen LogP contribution is 2.12. The molecule has 0 aliphatic rings. The fourth-order valence-corrected chi connectivity index (χ4v) is 2.05. The quantitative estimate of drug-likeness (QED) is 0.752. The molecule has 2 amide bonds. The molecular weight excluding hydrogens is 310 g/mol. The molecule has 0 fully saturated rings. The number of aryl methyl sites for hydroxylation is 1. The Bertz CT molecular complexity index is 835. The summed E-state index contributed by atoms with van der Waals surface area (Å²) in [6, 6.07) is 11.9. The predicted molar refractivity (Wildman–Crippen MR) is 85.5 cm³/mol. The number of carbonyl (C=O) groups is 2. The van der Waals surface area contributed by atoms with Crippen molar-refractivity contribution in [3.63, 3.8) is 0 Å². The van der Waals surface area contributed by atoms with Crippen molar-refractivity contribution < 1.29 is 18.5 Å². The van der Waals surface area contributed by atoms with Crippen LogP contribution in [0.1, 0.15) is 32.4 Å². The van der Waals surface area contributed by atoms with E-state index in [4.69, 9.17) is 8.94 Å². The number of nitrogens with one attached hydrogen (secondary N) is 2. The highest BCUT2D eigenvalue weighted by Gasteiger charge is 2.11. The van der Waals surface area contributed by atoms with Crippen molar-refractivity contribution in [3.8, 4) is 0 Å². The molecule has 1 aromatic carbocycles. The lowest BCUT2D eigenvalue weighted by atomic mass is 10.2. The number of carbonyl (C=O) groups excluding carboxylic acids is 2. The van der Waals surface area contributed by atoms with Crippen LogP contribution in [0.5, 0.6) is 0 Å². The van der Waals surface area contributed by atoms with Crippen LogP contribution in [0, 0.1) is 6.92 Å². The largest absolute Gasteiger partial charge is 0.459 e. The average Bonchev–Trinajstić information content (AvgIpc) is 3.25. The molecule has 0 saturated heterocycles. The number of aromatic nitrogens is 1. The summed E-state index contributed by atoms with van der Waals surface area (Å²) in [5.74, 6) is 0.204. The summed E-state index contributed by atoms with van der Waals surface area (Å²) in [4.78, 5) is 23.7. The number of rotatable bonds is 5. The van der Waals surface area contributed by atoms with Crippen molar-refractivity contribution in [2.24, 2.45) is 0 Å². The first-order valence-electron chi connectivity index (χ1n) is 7.27. The van der Waals surface area contributed by atoms with Gasteiger partial charge < -0.3 is 19.6 Å².